The van der Waals surface area contributed by atoms with Gasteiger partial charge in [0.1, 0.15) is 23.0 Å². The maximum Gasteiger partial charge on any atom is 0.282 e. The van der Waals surface area contributed by atoms with Gasteiger partial charge in [0.15, 0.2) is 0 Å². The van der Waals surface area contributed by atoms with Crippen LogP contribution in [0, 0.1) is 5.82 Å². The largest absolute Gasteiger partial charge is 0.497 e. The Morgan fingerprint density at radius 3 is 2.26 bits per heavy atom. The smallest absolute Gasteiger partial charge is 0.282 e. The number of amides is 2. The highest BCUT2D eigenvalue weighted by Crippen LogP contribution is 2.37. The number of benzene rings is 3. The first kappa shape index (κ1) is 20.2. The molecule has 156 valence electrons. The third-order valence-electron chi connectivity index (χ3n) is 4.89. The van der Waals surface area contributed by atoms with Gasteiger partial charge in [0.2, 0.25) is 0 Å². The highest BCUT2D eigenvalue weighted by molar-refractivity contribution is 6.46. The van der Waals surface area contributed by atoms with Gasteiger partial charge >= 0.3 is 0 Å². The fourth-order valence-corrected chi connectivity index (χ4v) is 3.42. The highest BCUT2D eigenvalue weighted by atomic mass is 19.1. The fraction of sp³-hybridized carbons (Fsp3) is 0.0833. The van der Waals surface area contributed by atoms with Crippen molar-refractivity contribution in [3.63, 3.8) is 0 Å². The van der Waals surface area contributed by atoms with Crippen molar-refractivity contribution in [2.24, 2.45) is 0 Å². The van der Waals surface area contributed by atoms with Crippen molar-refractivity contribution < 1.29 is 23.5 Å². The quantitative estimate of drug-likeness (QED) is 0.607. The Morgan fingerprint density at radius 1 is 0.839 bits per heavy atom. The summed E-state index contributed by atoms with van der Waals surface area (Å²) in [6.07, 6.45) is 0. The molecule has 0 radical (unpaired) electrons. The maximum atomic E-state index is 13.8. The molecule has 7 heteroatoms. The Kier molecular flexibility index (Phi) is 5.41. The third-order valence-corrected chi connectivity index (χ3v) is 4.89. The van der Waals surface area contributed by atoms with Crippen molar-refractivity contribution in [3.05, 3.63) is 89.9 Å². The Morgan fingerprint density at radius 2 is 1.58 bits per heavy atom. The van der Waals surface area contributed by atoms with Crippen molar-refractivity contribution in [3.8, 4) is 11.5 Å². The van der Waals surface area contributed by atoms with E-state index in [-0.39, 0.29) is 17.0 Å². The normalized spacial score (nSPS) is 13.6. The number of hydrogen-bond acceptors (Lipinski definition) is 5. The van der Waals surface area contributed by atoms with Gasteiger partial charge in [-0.3, -0.25) is 9.59 Å². The molecule has 1 N–H and O–H groups in total. The molecule has 0 unspecified atom stereocenters. The number of imide groups is 1. The zero-order chi connectivity index (χ0) is 22.0. The molecule has 0 spiro atoms. The van der Waals surface area contributed by atoms with E-state index in [0.29, 0.717) is 22.7 Å². The van der Waals surface area contributed by atoms with Crippen molar-refractivity contribution >= 4 is 28.8 Å². The van der Waals surface area contributed by atoms with E-state index in [2.05, 4.69) is 5.32 Å². The molecule has 0 fully saturated rings. The number of para-hydroxylation sites is 1. The van der Waals surface area contributed by atoms with Gasteiger partial charge in [0, 0.05) is 11.3 Å². The van der Waals surface area contributed by atoms with Gasteiger partial charge in [0.25, 0.3) is 11.8 Å². The summed E-state index contributed by atoms with van der Waals surface area (Å²) in [5, 5.41) is 3.05. The predicted octanol–water partition coefficient (Wildman–Crippen LogP) is 4.24. The van der Waals surface area contributed by atoms with Gasteiger partial charge in [-0.05, 0) is 48.5 Å². The third kappa shape index (κ3) is 3.73. The molecule has 0 aromatic heterocycles. The van der Waals surface area contributed by atoms with Gasteiger partial charge in [0.05, 0.1) is 25.5 Å². The summed E-state index contributed by atoms with van der Waals surface area (Å²) in [5.74, 6) is -0.620. The zero-order valence-electron chi connectivity index (χ0n) is 16.9. The Labute approximate surface area is 178 Å². The number of nitrogens with one attached hydrogen (secondary N) is 1. The van der Waals surface area contributed by atoms with Crippen molar-refractivity contribution in [2.75, 3.05) is 24.4 Å². The van der Waals surface area contributed by atoms with Gasteiger partial charge in [-0.1, -0.05) is 24.3 Å². The molecular formula is C24H19FN2O4. The summed E-state index contributed by atoms with van der Waals surface area (Å²) in [5.41, 5.74) is 1.41. The molecule has 2 amide bonds. The lowest BCUT2D eigenvalue weighted by atomic mass is 10.0. The number of hydrogen-bond donors (Lipinski definition) is 1. The molecule has 0 saturated heterocycles. The molecular weight excluding hydrogens is 399 g/mol. The molecule has 0 atom stereocenters. The first-order valence-electron chi connectivity index (χ1n) is 9.46. The molecule has 0 aliphatic carbocycles. The summed E-state index contributed by atoms with van der Waals surface area (Å²) in [6, 6.07) is 19.2. The predicted molar refractivity (Wildman–Crippen MR) is 115 cm³/mol. The van der Waals surface area contributed by atoms with Gasteiger partial charge in [-0.15, -0.1) is 0 Å². The van der Waals surface area contributed by atoms with Crippen LogP contribution in [0.5, 0.6) is 11.5 Å². The Bertz CT molecular complexity index is 1190. The second kappa shape index (κ2) is 8.31. The molecule has 4 rings (SSSR count). The van der Waals surface area contributed by atoms with E-state index in [1.807, 2.05) is 0 Å². The summed E-state index contributed by atoms with van der Waals surface area (Å²) < 4.78 is 24.4. The number of carbonyl (C=O) groups is 2. The van der Waals surface area contributed by atoms with Gasteiger partial charge < -0.3 is 14.8 Å². The second-order valence-corrected chi connectivity index (χ2v) is 6.73. The average molecular weight is 418 g/mol. The van der Waals surface area contributed by atoms with Crippen LogP contribution in [0.1, 0.15) is 5.56 Å². The summed E-state index contributed by atoms with van der Waals surface area (Å²) in [6.45, 7) is 0. The van der Waals surface area contributed by atoms with Crippen LogP contribution in [-0.4, -0.2) is 26.0 Å². The average Bonchev–Trinajstić information content (AvgIpc) is 3.03. The molecule has 6 nitrogen and oxygen atoms in total. The van der Waals surface area contributed by atoms with E-state index >= 15 is 0 Å². The molecule has 3 aromatic rings. The topological polar surface area (TPSA) is 67.9 Å². The van der Waals surface area contributed by atoms with Gasteiger partial charge in [-0.2, -0.15) is 0 Å². The molecule has 1 heterocycles. The number of nitrogens with zero attached hydrogens (tertiary/aromatic N) is 1. The number of anilines is 2. The first-order chi connectivity index (χ1) is 15.0. The number of halogens is 1. The number of ether oxygens (including phenoxy) is 2. The summed E-state index contributed by atoms with van der Waals surface area (Å²) >= 11 is 0. The minimum Gasteiger partial charge on any atom is -0.497 e. The highest BCUT2D eigenvalue weighted by Gasteiger charge is 2.41. The minimum absolute atomic E-state index is 0.0731. The maximum absolute atomic E-state index is 13.8. The van der Waals surface area contributed by atoms with E-state index < -0.39 is 17.6 Å². The standard InChI is InChI=1S/C24H19FN2O4/c1-30-18-12-10-16(11-13-18)26-22-21(19-8-3-4-9-20(19)31-2)23(28)27(24(22)29)17-7-5-6-15(25)14-17/h3-14,26H,1-2H3. The Balaban J connectivity index is 1.84. The van der Waals surface area contributed by atoms with Crippen LogP contribution in [0.15, 0.2) is 78.5 Å². The van der Waals surface area contributed by atoms with E-state index in [1.165, 1.54) is 25.3 Å². The number of rotatable bonds is 6. The van der Waals surface area contributed by atoms with Crippen LogP contribution in [0.2, 0.25) is 0 Å². The second-order valence-electron chi connectivity index (χ2n) is 6.73. The van der Waals surface area contributed by atoms with Crippen LogP contribution in [0.4, 0.5) is 15.8 Å². The van der Waals surface area contributed by atoms with Crippen LogP contribution >= 0.6 is 0 Å². The number of carbonyl (C=O) groups excluding carboxylic acids is 2. The van der Waals surface area contributed by atoms with Crippen LogP contribution < -0.4 is 19.7 Å². The van der Waals surface area contributed by atoms with E-state index in [0.717, 1.165) is 11.0 Å². The molecule has 3 aromatic carbocycles. The van der Waals surface area contributed by atoms with Crippen LogP contribution in [-0.2, 0) is 9.59 Å². The van der Waals surface area contributed by atoms with Gasteiger partial charge in [-0.25, -0.2) is 9.29 Å². The van der Waals surface area contributed by atoms with E-state index in [9.17, 15) is 14.0 Å². The molecule has 0 bridgehead atoms. The summed E-state index contributed by atoms with van der Waals surface area (Å²) in [4.78, 5) is 27.7. The minimum atomic E-state index is -0.590. The van der Waals surface area contributed by atoms with E-state index in [1.54, 1.807) is 55.6 Å². The Hall–Kier alpha value is -4.13. The SMILES string of the molecule is COc1ccc(NC2=C(c3ccccc3OC)C(=O)N(c3cccc(F)c3)C2=O)cc1. The van der Waals surface area contributed by atoms with Crippen molar-refractivity contribution in [2.45, 2.75) is 0 Å². The van der Waals surface area contributed by atoms with Crippen molar-refractivity contribution in [1.29, 1.82) is 0 Å². The monoisotopic (exact) mass is 418 g/mol. The van der Waals surface area contributed by atoms with Crippen LogP contribution in [0.3, 0.4) is 0 Å². The number of methoxy groups -OCH3 is 2. The lowest BCUT2D eigenvalue weighted by Gasteiger charge is -2.15. The molecule has 31 heavy (non-hydrogen) atoms. The summed E-state index contributed by atoms with van der Waals surface area (Å²) in [7, 11) is 3.04. The molecule has 1 aliphatic rings. The lowest BCUT2D eigenvalue weighted by Crippen LogP contribution is -2.32. The first-order valence-corrected chi connectivity index (χ1v) is 9.46. The zero-order valence-corrected chi connectivity index (χ0v) is 16.9. The van der Waals surface area contributed by atoms with E-state index in [4.69, 9.17) is 9.47 Å². The van der Waals surface area contributed by atoms with Crippen LogP contribution in [0.25, 0.3) is 5.57 Å². The molecule has 1 aliphatic heterocycles. The molecule has 0 saturated carbocycles. The lowest BCUT2D eigenvalue weighted by molar-refractivity contribution is -0.120. The fourth-order valence-electron chi connectivity index (χ4n) is 3.42. The van der Waals surface area contributed by atoms with Crippen molar-refractivity contribution in [1.82, 2.24) is 0 Å².